The van der Waals surface area contributed by atoms with E-state index in [2.05, 4.69) is 39.8 Å². The van der Waals surface area contributed by atoms with Crippen LogP contribution in [-0.2, 0) is 4.79 Å². The average Bonchev–Trinajstić information content (AvgIpc) is 2.89. The molecule has 198 valence electrons. The summed E-state index contributed by atoms with van der Waals surface area (Å²) >= 11 is 0. The van der Waals surface area contributed by atoms with E-state index in [9.17, 15) is 4.79 Å². The van der Waals surface area contributed by atoms with Crippen molar-refractivity contribution in [3.63, 3.8) is 0 Å². The molecule has 2 aliphatic rings. The molecule has 3 rings (SSSR count). The molecule has 0 aliphatic heterocycles. The fourth-order valence-electron chi connectivity index (χ4n) is 6.93. The maximum absolute atomic E-state index is 12.9. The van der Waals surface area contributed by atoms with Crippen molar-refractivity contribution in [1.82, 2.24) is 0 Å². The molecular formula is C33H54O2. The van der Waals surface area contributed by atoms with Gasteiger partial charge in [-0.2, -0.15) is 0 Å². The lowest BCUT2D eigenvalue weighted by atomic mass is 9.73. The molecule has 0 aromatic heterocycles. The second kappa shape index (κ2) is 15.1. The van der Waals surface area contributed by atoms with E-state index in [-0.39, 0.29) is 11.9 Å². The SMILES string of the molecule is CCCCC1CCC(c2ccc(OC(=O)C(CC)CCC(C)C3CCC(CCC)CC3)cc2)CC1. The predicted octanol–water partition coefficient (Wildman–Crippen LogP) is 10.1. The van der Waals surface area contributed by atoms with Gasteiger partial charge in [-0.1, -0.05) is 84.8 Å². The zero-order valence-electron chi connectivity index (χ0n) is 23.4. The molecule has 2 fully saturated rings. The van der Waals surface area contributed by atoms with E-state index in [0.29, 0.717) is 5.92 Å². The summed E-state index contributed by atoms with van der Waals surface area (Å²) < 4.78 is 5.85. The fourth-order valence-corrected chi connectivity index (χ4v) is 6.93. The first kappa shape index (κ1) is 28.3. The summed E-state index contributed by atoms with van der Waals surface area (Å²) in [5.74, 6) is 4.87. The summed E-state index contributed by atoms with van der Waals surface area (Å²) in [5, 5.41) is 0. The molecule has 0 amide bonds. The highest BCUT2D eigenvalue weighted by atomic mass is 16.5. The van der Waals surface area contributed by atoms with Crippen LogP contribution in [0.25, 0.3) is 0 Å². The van der Waals surface area contributed by atoms with Gasteiger partial charge in [0.25, 0.3) is 0 Å². The van der Waals surface area contributed by atoms with Gasteiger partial charge in [-0.25, -0.2) is 0 Å². The summed E-state index contributed by atoms with van der Waals surface area (Å²) in [4.78, 5) is 12.9. The maximum atomic E-state index is 12.9. The third-order valence-corrected chi connectivity index (χ3v) is 9.57. The Bertz CT molecular complexity index is 707. The van der Waals surface area contributed by atoms with Crippen LogP contribution in [0.2, 0.25) is 0 Å². The monoisotopic (exact) mass is 482 g/mol. The first-order valence-corrected chi connectivity index (χ1v) is 15.4. The molecule has 0 spiro atoms. The highest BCUT2D eigenvalue weighted by Crippen LogP contribution is 2.39. The van der Waals surface area contributed by atoms with E-state index < -0.39 is 0 Å². The van der Waals surface area contributed by atoms with Crippen LogP contribution in [0.3, 0.4) is 0 Å². The van der Waals surface area contributed by atoms with E-state index in [0.717, 1.165) is 48.7 Å². The summed E-state index contributed by atoms with van der Waals surface area (Å²) in [7, 11) is 0. The standard InChI is InChI=1S/C33H54O2/c1-5-8-10-27-14-19-30(20-15-27)31-21-23-32(24-22-31)35-33(34)28(7-3)16-11-25(4)29-17-12-26(9-6-2)13-18-29/h21-30H,5-20H2,1-4H3. The second-order valence-electron chi connectivity index (χ2n) is 12.1. The molecule has 0 bridgehead atoms. The zero-order chi connectivity index (χ0) is 25.0. The zero-order valence-corrected chi connectivity index (χ0v) is 23.4. The number of unbranched alkanes of at least 4 members (excludes halogenated alkanes) is 1. The summed E-state index contributed by atoms with van der Waals surface area (Å²) in [6.07, 6.45) is 20.8. The molecule has 0 N–H and O–H groups in total. The van der Waals surface area contributed by atoms with Gasteiger partial charge in [0.05, 0.1) is 5.92 Å². The van der Waals surface area contributed by atoms with Gasteiger partial charge in [-0.05, 0) is 105 Å². The summed E-state index contributed by atoms with van der Waals surface area (Å²) in [6, 6.07) is 8.47. The number of benzene rings is 1. The van der Waals surface area contributed by atoms with Gasteiger partial charge in [0, 0.05) is 0 Å². The van der Waals surface area contributed by atoms with Gasteiger partial charge < -0.3 is 4.74 Å². The fraction of sp³-hybridized carbons (Fsp3) is 0.788. The van der Waals surface area contributed by atoms with Gasteiger partial charge >= 0.3 is 5.97 Å². The molecule has 2 saturated carbocycles. The van der Waals surface area contributed by atoms with Crippen LogP contribution >= 0.6 is 0 Å². The molecule has 0 heterocycles. The van der Waals surface area contributed by atoms with Crippen LogP contribution in [0.5, 0.6) is 5.75 Å². The Hall–Kier alpha value is -1.31. The van der Waals surface area contributed by atoms with Crippen LogP contribution in [0.4, 0.5) is 0 Å². The van der Waals surface area contributed by atoms with Crippen molar-refractivity contribution in [1.29, 1.82) is 0 Å². The molecule has 2 unspecified atom stereocenters. The van der Waals surface area contributed by atoms with E-state index in [1.54, 1.807) is 0 Å². The minimum atomic E-state index is -0.0319. The Labute approximate surface area is 217 Å². The summed E-state index contributed by atoms with van der Waals surface area (Å²) in [6.45, 7) is 9.15. The highest BCUT2D eigenvalue weighted by molar-refractivity contribution is 5.75. The minimum absolute atomic E-state index is 0.0203. The third kappa shape index (κ3) is 8.94. The van der Waals surface area contributed by atoms with Crippen molar-refractivity contribution >= 4 is 5.97 Å². The Morgan fingerprint density at radius 1 is 0.829 bits per heavy atom. The van der Waals surface area contributed by atoms with Crippen molar-refractivity contribution < 1.29 is 9.53 Å². The van der Waals surface area contributed by atoms with E-state index in [1.807, 2.05) is 12.1 Å². The number of hydrogen-bond donors (Lipinski definition) is 0. The van der Waals surface area contributed by atoms with Gasteiger partial charge in [0.1, 0.15) is 5.75 Å². The smallest absolute Gasteiger partial charge is 0.314 e. The number of hydrogen-bond acceptors (Lipinski definition) is 2. The first-order chi connectivity index (χ1) is 17.0. The third-order valence-electron chi connectivity index (χ3n) is 9.57. The number of esters is 1. The highest BCUT2D eigenvalue weighted by Gasteiger charge is 2.27. The molecular weight excluding hydrogens is 428 g/mol. The van der Waals surface area contributed by atoms with Crippen molar-refractivity contribution in [3.05, 3.63) is 29.8 Å². The van der Waals surface area contributed by atoms with Crippen LogP contribution < -0.4 is 4.74 Å². The molecule has 1 aromatic carbocycles. The maximum Gasteiger partial charge on any atom is 0.314 e. The van der Waals surface area contributed by atoms with E-state index in [4.69, 9.17) is 4.74 Å². The van der Waals surface area contributed by atoms with Crippen molar-refractivity contribution in [2.45, 2.75) is 136 Å². The Balaban J connectivity index is 1.41. The van der Waals surface area contributed by atoms with Gasteiger partial charge in [0.2, 0.25) is 0 Å². The van der Waals surface area contributed by atoms with Crippen molar-refractivity contribution in [2.24, 2.45) is 29.6 Å². The molecule has 0 saturated heterocycles. The molecule has 2 aliphatic carbocycles. The lowest BCUT2D eigenvalue weighted by Crippen LogP contribution is -2.23. The molecule has 0 radical (unpaired) electrons. The topological polar surface area (TPSA) is 26.3 Å². The van der Waals surface area contributed by atoms with Crippen LogP contribution in [-0.4, -0.2) is 5.97 Å². The molecule has 2 nitrogen and oxygen atoms in total. The second-order valence-corrected chi connectivity index (χ2v) is 12.1. The lowest BCUT2D eigenvalue weighted by molar-refractivity contribution is -0.139. The van der Waals surface area contributed by atoms with Crippen LogP contribution in [0.1, 0.15) is 142 Å². The Morgan fingerprint density at radius 2 is 1.46 bits per heavy atom. The largest absolute Gasteiger partial charge is 0.426 e. The number of carbonyl (C=O) groups is 1. The first-order valence-electron chi connectivity index (χ1n) is 15.4. The van der Waals surface area contributed by atoms with Crippen LogP contribution in [0, 0.1) is 29.6 Å². The van der Waals surface area contributed by atoms with Gasteiger partial charge in [-0.15, -0.1) is 0 Å². The molecule has 2 heteroatoms. The normalized spacial score (nSPS) is 26.7. The summed E-state index contributed by atoms with van der Waals surface area (Å²) in [5.41, 5.74) is 1.42. The van der Waals surface area contributed by atoms with Crippen molar-refractivity contribution in [3.8, 4) is 5.75 Å². The van der Waals surface area contributed by atoms with Crippen LogP contribution in [0.15, 0.2) is 24.3 Å². The number of carbonyl (C=O) groups excluding carboxylic acids is 1. The molecule has 2 atom stereocenters. The Kier molecular flexibility index (Phi) is 12.2. The Morgan fingerprint density at radius 3 is 2.06 bits per heavy atom. The molecule has 35 heavy (non-hydrogen) atoms. The van der Waals surface area contributed by atoms with Gasteiger partial charge in [0.15, 0.2) is 0 Å². The quantitative estimate of drug-likeness (QED) is 0.206. The number of rotatable bonds is 13. The van der Waals surface area contributed by atoms with Crippen molar-refractivity contribution in [2.75, 3.05) is 0 Å². The van der Waals surface area contributed by atoms with Gasteiger partial charge in [-0.3, -0.25) is 4.79 Å². The minimum Gasteiger partial charge on any atom is -0.426 e. The van der Waals surface area contributed by atoms with E-state index in [1.165, 1.54) is 89.0 Å². The molecule has 1 aromatic rings. The van der Waals surface area contributed by atoms with E-state index >= 15 is 0 Å². The number of ether oxygens (including phenoxy) is 1. The average molecular weight is 483 g/mol. The predicted molar refractivity (Wildman–Crippen MR) is 149 cm³/mol. The lowest BCUT2D eigenvalue weighted by Gasteiger charge is -2.32.